The van der Waals surface area contributed by atoms with Gasteiger partial charge >= 0.3 is 0 Å². The van der Waals surface area contributed by atoms with Crippen molar-refractivity contribution < 1.29 is 4.79 Å². The van der Waals surface area contributed by atoms with Crippen molar-refractivity contribution >= 4 is 5.78 Å². The van der Waals surface area contributed by atoms with Crippen molar-refractivity contribution in [3.05, 3.63) is 57.7 Å². The summed E-state index contributed by atoms with van der Waals surface area (Å²) >= 11 is 0. The molecule has 27 heavy (non-hydrogen) atoms. The molecule has 0 spiro atoms. The Bertz CT molecular complexity index is 733. The first-order valence-corrected chi connectivity index (χ1v) is 10.3. The molecule has 0 radical (unpaired) electrons. The van der Waals surface area contributed by atoms with Gasteiger partial charge in [-0.1, -0.05) is 54.8 Å². The normalized spacial score (nSPS) is 22.1. The Hall–Kier alpha value is -1.67. The fraction of sp³-hybridized carbons (Fsp3) is 0.560. The molecule has 0 aliphatic heterocycles. The van der Waals surface area contributed by atoms with Crippen molar-refractivity contribution in [3.63, 3.8) is 0 Å². The highest BCUT2D eigenvalue weighted by molar-refractivity contribution is 5.80. The first-order valence-electron chi connectivity index (χ1n) is 10.3. The predicted molar refractivity (Wildman–Crippen MR) is 116 cm³/mol. The van der Waals surface area contributed by atoms with E-state index in [4.69, 9.17) is 0 Å². The van der Waals surface area contributed by atoms with Gasteiger partial charge in [-0.3, -0.25) is 4.79 Å². The van der Waals surface area contributed by atoms with Crippen molar-refractivity contribution in [2.45, 2.75) is 73.8 Å². The maximum absolute atomic E-state index is 11.9. The number of carbonyl (C=O) groups excluding carboxylic acids is 1. The SMILES string of the molecule is CCC(=O)CNC(C)C(c1c(C)cc(C)cc1C)C1C(C)=CC(C)=CC1C. The van der Waals surface area contributed by atoms with Crippen LogP contribution >= 0.6 is 0 Å². The minimum absolute atomic E-state index is 0.225. The van der Waals surface area contributed by atoms with Crippen LogP contribution in [0.25, 0.3) is 0 Å². The number of Topliss-reactive ketones (excluding diaryl/α,β-unsaturated/α-hetero) is 1. The zero-order valence-corrected chi connectivity index (χ0v) is 18.4. The Morgan fingerprint density at radius 3 is 2.22 bits per heavy atom. The van der Waals surface area contributed by atoms with E-state index in [1.807, 2.05) is 6.92 Å². The van der Waals surface area contributed by atoms with Crippen molar-refractivity contribution in [1.82, 2.24) is 5.32 Å². The van der Waals surface area contributed by atoms with Gasteiger partial charge in [-0.2, -0.15) is 0 Å². The summed E-state index contributed by atoms with van der Waals surface area (Å²) in [5.41, 5.74) is 8.28. The summed E-state index contributed by atoms with van der Waals surface area (Å²) in [6.07, 6.45) is 5.32. The number of benzene rings is 1. The second-order valence-electron chi connectivity index (χ2n) is 8.58. The molecule has 0 amide bonds. The van der Waals surface area contributed by atoms with Gasteiger partial charge in [0.2, 0.25) is 0 Å². The summed E-state index contributed by atoms with van der Waals surface area (Å²) < 4.78 is 0. The van der Waals surface area contributed by atoms with E-state index in [0.29, 0.717) is 30.7 Å². The van der Waals surface area contributed by atoms with Crippen LogP contribution in [0.5, 0.6) is 0 Å². The Balaban J connectivity index is 2.50. The summed E-state index contributed by atoms with van der Waals surface area (Å²) in [7, 11) is 0. The van der Waals surface area contributed by atoms with E-state index in [0.717, 1.165) is 0 Å². The molecule has 1 aromatic rings. The van der Waals surface area contributed by atoms with Gasteiger partial charge < -0.3 is 5.32 Å². The summed E-state index contributed by atoms with van der Waals surface area (Å²) in [4.78, 5) is 11.9. The van der Waals surface area contributed by atoms with Crippen molar-refractivity contribution in [2.24, 2.45) is 11.8 Å². The molecule has 0 heterocycles. The highest BCUT2D eigenvalue weighted by Gasteiger charge is 2.35. The van der Waals surface area contributed by atoms with E-state index in [-0.39, 0.29) is 11.8 Å². The summed E-state index contributed by atoms with van der Waals surface area (Å²) in [5.74, 6) is 1.53. The van der Waals surface area contributed by atoms with Crippen LogP contribution in [-0.2, 0) is 4.79 Å². The molecule has 4 unspecified atom stereocenters. The molecular formula is C25H37NO. The van der Waals surface area contributed by atoms with Crippen LogP contribution in [0.15, 0.2) is 35.4 Å². The van der Waals surface area contributed by atoms with Crippen LogP contribution in [0.4, 0.5) is 0 Å². The number of allylic oxidation sites excluding steroid dienone is 4. The number of rotatable bonds is 7. The summed E-state index contributed by atoms with van der Waals surface area (Å²) in [5, 5.41) is 3.55. The molecule has 0 fully saturated rings. The van der Waals surface area contributed by atoms with Crippen LogP contribution in [0, 0.1) is 32.6 Å². The Morgan fingerprint density at radius 2 is 1.70 bits per heavy atom. The van der Waals surface area contributed by atoms with Crippen LogP contribution in [0.1, 0.15) is 69.2 Å². The largest absolute Gasteiger partial charge is 0.307 e. The molecule has 1 aliphatic rings. The Kier molecular flexibility index (Phi) is 7.22. The number of nitrogens with one attached hydrogen (secondary N) is 1. The quantitative estimate of drug-likeness (QED) is 0.659. The molecule has 4 atom stereocenters. The number of hydrogen-bond donors (Lipinski definition) is 1. The van der Waals surface area contributed by atoms with Gasteiger partial charge in [-0.05, 0) is 70.1 Å². The molecule has 1 N–H and O–H groups in total. The minimum Gasteiger partial charge on any atom is -0.307 e. The van der Waals surface area contributed by atoms with Crippen LogP contribution in [-0.4, -0.2) is 18.4 Å². The van der Waals surface area contributed by atoms with Gasteiger partial charge in [0.1, 0.15) is 5.78 Å². The molecule has 0 saturated heterocycles. The average Bonchev–Trinajstić information content (AvgIpc) is 2.56. The summed E-state index contributed by atoms with van der Waals surface area (Å²) in [6.45, 7) is 18.1. The third-order valence-corrected chi connectivity index (χ3v) is 6.09. The maximum Gasteiger partial charge on any atom is 0.146 e. The van der Waals surface area contributed by atoms with Crippen LogP contribution in [0.3, 0.4) is 0 Å². The standard InChI is InChI=1S/C25H37NO/c1-9-22(27)14-26-21(8)25(23-17(4)10-15(2)11-18(23)5)24-19(6)12-16(3)13-20(24)7/h10-13,17,21,23,25-26H,9,14H2,1-8H3. The topological polar surface area (TPSA) is 29.1 Å². The van der Waals surface area contributed by atoms with Gasteiger partial charge in [-0.25, -0.2) is 0 Å². The lowest BCUT2D eigenvalue weighted by atomic mass is 9.67. The van der Waals surface area contributed by atoms with E-state index in [9.17, 15) is 4.79 Å². The van der Waals surface area contributed by atoms with Gasteiger partial charge in [0.25, 0.3) is 0 Å². The molecule has 2 heteroatoms. The second kappa shape index (κ2) is 9.01. The van der Waals surface area contributed by atoms with E-state index in [1.165, 1.54) is 33.4 Å². The fourth-order valence-corrected chi connectivity index (χ4v) is 5.03. The molecule has 0 aromatic heterocycles. The van der Waals surface area contributed by atoms with E-state index in [2.05, 4.69) is 78.1 Å². The molecular weight excluding hydrogens is 330 g/mol. The lowest BCUT2D eigenvalue weighted by Crippen LogP contribution is -2.41. The number of ketones is 1. The summed E-state index contributed by atoms with van der Waals surface area (Å²) in [6, 6.07) is 4.82. The van der Waals surface area contributed by atoms with E-state index >= 15 is 0 Å². The van der Waals surface area contributed by atoms with Crippen molar-refractivity contribution in [2.75, 3.05) is 6.54 Å². The van der Waals surface area contributed by atoms with Crippen LogP contribution < -0.4 is 5.32 Å². The maximum atomic E-state index is 11.9. The first kappa shape index (κ1) is 21.6. The molecule has 0 saturated carbocycles. The number of hydrogen-bond acceptors (Lipinski definition) is 2. The lowest BCUT2D eigenvalue weighted by molar-refractivity contribution is -0.118. The van der Waals surface area contributed by atoms with Gasteiger partial charge in [0.15, 0.2) is 0 Å². The number of carbonyl (C=O) groups is 1. The highest BCUT2D eigenvalue weighted by Crippen LogP contribution is 2.43. The van der Waals surface area contributed by atoms with Gasteiger partial charge in [0.05, 0.1) is 6.54 Å². The van der Waals surface area contributed by atoms with E-state index < -0.39 is 0 Å². The van der Waals surface area contributed by atoms with Crippen molar-refractivity contribution in [1.29, 1.82) is 0 Å². The Morgan fingerprint density at radius 1 is 1.11 bits per heavy atom. The molecule has 2 rings (SSSR count). The molecule has 0 bridgehead atoms. The van der Waals surface area contributed by atoms with Crippen LogP contribution in [0.2, 0.25) is 0 Å². The minimum atomic E-state index is 0.225. The van der Waals surface area contributed by atoms with E-state index in [1.54, 1.807) is 0 Å². The highest BCUT2D eigenvalue weighted by atomic mass is 16.1. The third kappa shape index (κ3) is 4.99. The number of aryl methyl sites for hydroxylation is 3. The monoisotopic (exact) mass is 367 g/mol. The van der Waals surface area contributed by atoms with Crippen molar-refractivity contribution in [3.8, 4) is 0 Å². The second-order valence-corrected chi connectivity index (χ2v) is 8.58. The molecule has 1 aromatic carbocycles. The smallest absolute Gasteiger partial charge is 0.146 e. The fourth-order valence-electron chi connectivity index (χ4n) is 5.03. The third-order valence-electron chi connectivity index (χ3n) is 6.09. The lowest BCUT2D eigenvalue weighted by Gasteiger charge is -2.40. The molecule has 148 valence electrons. The Labute approximate surface area is 166 Å². The zero-order chi connectivity index (χ0) is 20.3. The molecule has 1 aliphatic carbocycles. The molecule has 2 nitrogen and oxygen atoms in total. The first-order chi connectivity index (χ1) is 12.6. The van der Waals surface area contributed by atoms with Gasteiger partial charge in [-0.15, -0.1) is 0 Å². The average molecular weight is 368 g/mol. The predicted octanol–water partition coefficient (Wildman–Crippen LogP) is 5.81. The zero-order valence-electron chi connectivity index (χ0n) is 18.4. The van der Waals surface area contributed by atoms with Gasteiger partial charge in [0, 0.05) is 18.4 Å².